The summed E-state index contributed by atoms with van der Waals surface area (Å²) in [7, 11) is -2.30. The standard InChI is InChI=1S/C22H30N2O3S/c1-15(2)11-19-7-9-20(10-8-19)28(26,27)24(6)14-21(25)23-22-17(4)12-16(3)13-18(22)5/h7-10,12-13,15H,11,14H2,1-6H3,(H,23,25). The zero-order valence-corrected chi connectivity index (χ0v) is 18.4. The summed E-state index contributed by atoms with van der Waals surface area (Å²) in [4.78, 5) is 12.6. The van der Waals surface area contributed by atoms with Crippen molar-refractivity contribution in [2.45, 2.75) is 45.9 Å². The Kier molecular flexibility index (Phi) is 7.01. The van der Waals surface area contributed by atoms with Crippen LogP contribution in [0.15, 0.2) is 41.3 Å². The number of nitrogens with one attached hydrogen (secondary N) is 1. The van der Waals surface area contributed by atoms with Crippen molar-refractivity contribution in [3.05, 3.63) is 58.7 Å². The molecule has 28 heavy (non-hydrogen) atoms. The average molecular weight is 403 g/mol. The molecule has 2 aromatic carbocycles. The van der Waals surface area contributed by atoms with E-state index in [1.165, 1.54) is 7.05 Å². The van der Waals surface area contributed by atoms with Crippen molar-refractivity contribution in [3.8, 4) is 0 Å². The topological polar surface area (TPSA) is 66.5 Å². The number of hydrogen-bond donors (Lipinski definition) is 1. The van der Waals surface area contributed by atoms with Gasteiger partial charge in [0.2, 0.25) is 15.9 Å². The van der Waals surface area contributed by atoms with E-state index in [2.05, 4.69) is 19.2 Å². The van der Waals surface area contributed by atoms with Gasteiger partial charge in [0.15, 0.2) is 0 Å². The normalized spacial score (nSPS) is 11.9. The van der Waals surface area contributed by atoms with Gasteiger partial charge in [0.1, 0.15) is 0 Å². The van der Waals surface area contributed by atoms with Gasteiger partial charge < -0.3 is 5.32 Å². The van der Waals surface area contributed by atoms with Gasteiger partial charge in [-0.3, -0.25) is 4.79 Å². The van der Waals surface area contributed by atoms with E-state index in [9.17, 15) is 13.2 Å². The quantitative estimate of drug-likeness (QED) is 0.759. The van der Waals surface area contributed by atoms with Crippen LogP contribution >= 0.6 is 0 Å². The van der Waals surface area contributed by atoms with Crippen LogP contribution in [-0.2, 0) is 21.2 Å². The molecule has 0 aliphatic heterocycles. The number of sulfonamides is 1. The first-order valence-electron chi connectivity index (χ1n) is 9.43. The summed E-state index contributed by atoms with van der Waals surface area (Å²) in [5.74, 6) is 0.139. The molecule has 2 aromatic rings. The molecule has 0 saturated carbocycles. The van der Waals surface area contributed by atoms with Crippen molar-refractivity contribution in [3.63, 3.8) is 0 Å². The molecule has 0 aliphatic rings. The lowest BCUT2D eigenvalue weighted by molar-refractivity contribution is -0.116. The Morgan fingerprint density at radius 1 is 1.04 bits per heavy atom. The van der Waals surface area contributed by atoms with E-state index >= 15 is 0 Å². The molecule has 0 spiro atoms. The molecule has 0 fully saturated rings. The molecular formula is C22H30N2O3S. The van der Waals surface area contributed by atoms with Gasteiger partial charge in [-0.2, -0.15) is 4.31 Å². The molecule has 5 nitrogen and oxygen atoms in total. The zero-order chi connectivity index (χ0) is 21.1. The van der Waals surface area contributed by atoms with Crippen molar-refractivity contribution in [2.24, 2.45) is 5.92 Å². The molecule has 1 N–H and O–H groups in total. The molecule has 0 aliphatic carbocycles. The Balaban J connectivity index is 2.10. The van der Waals surface area contributed by atoms with E-state index in [0.29, 0.717) is 5.92 Å². The highest BCUT2D eigenvalue weighted by molar-refractivity contribution is 7.89. The minimum Gasteiger partial charge on any atom is -0.324 e. The Hall–Kier alpha value is -2.18. The number of aryl methyl sites for hydroxylation is 3. The summed E-state index contributed by atoms with van der Waals surface area (Å²) in [5, 5.41) is 2.85. The smallest absolute Gasteiger partial charge is 0.243 e. The van der Waals surface area contributed by atoms with E-state index in [1.54, 1.807) is 12.1 Å². The maximum atomic E-state index is 12.8. The van der Waals surface area contributed by atoms with Gasteiger partial charge in [0.05, 0.1) is 11.4 Å². The number of likely N-dealkylation sites (N-methyl/N-ethyl adjacent to an activating group) is 1. The van der Waals surface area contributed by atoms with Crippen LogP contribution in [0.1, 0.15) is 36.1 Å². The second-order valence-electron chi connectivity index (χ2n) is 7.82. The largest absolute Gasteiger partial charge is 0.324 e. The molecule has 6 heteroatoms. The van der Waals surface area contributed by atoms with Crippen molar-refractivity contribution < 1.29 is 13.2 Å². The number of rotatable bonds is 7. The van der Waals surface area contributed by atoms with E-state index < -0.39 is 10.0 Å². The number of carbonyl (C=O) groups is 1. The Morgan fingerprint density at radius 3 is 2.07 bits per heavy atom. The van der Waals surface area contributed by atoms with Crippen LogP contribution in [0.25, 0.3) is 0 Å². The molecule has 0 aromatic heterocycles. The monoisotopic (exact) mass is 402 g/mol. The highest BCUT2D eigenvalue weighted by atomic mass is 32.2. The third-order valence-corrected chi connectivity index (χ3v) is 6.40. The van der Waals surface area contributed by atoms with E-state index in [1.807, 2.05) is 45.0 Å². The van der Waals surface area contributed by atoms with Gasteiger partial charge in [-0.25, -0.2) is 8.42 Å². The van der Waals surface area contributed by atoms with Gasteiger partial charge in [-0.15, -0.1) is 0 Å². The number of benzene rings is 2. The van der Waals surface area contributed by atoms with E-state index in [4.69, 9.17) is 0 Å². The maximum Gasteiger partial charge on any atom is 0.243 e. The molecule has 152 valence electrons. The second kappa shape index (κ2) is 8.88. The van der Waals surface area contributed by atoms with Crippen molar-refractivity contribution in [2.75, 3.05) is 18.9 Å². The van der Waals surface area contributed by atoms with Crippen LogP contribution in [0.3, 0.4) is 0 Å². The van der Waals surface area contributed by atoms with Crippen LogP contribution < -0.4 is 5.32 Å². The first-order valence-corrected chi connectivity index (χ1v) is 10.9. The van der Waals surface area contributed by atoms with Crippen molar-refractivity contribution in [1.82, 2.24) is 4.31 Å². The van der Waals surface area contributed by atoms with Gasteiger partial charge in [0.25, 0.3) is 0 Å². The van der Waals surface area contributed by atoms with E-state index in [-0.39, 0.29) is 17.3 Å². The fourth-order valence-corrected chi connectivity index (χ4v) is 4.42. The van der Waals surface area contributed by atoms with Gasteiger partial charge in [0, 0.05) is 12.7 Å². The SMILES string of the molecule is Cc1cc(C)c(NC(=O)CN(C)S(=O)(=O)c2ccc(CC(C)C)cc2)c(C)c1. The number of nitrogens with zero attached hydrogens (tertiary/aromatic N) is 1. The summed E-state index contributed by atoms with van der Waals surface area (Å²) in [6, 6.07) is 10.9. The minimum absolute atomic E-state index is 0.193. The first kappa shape index (κ1) is 22.1. The Labute approximate surface area is 168 Å². The fraction of sp³-hybridized carbons (Fsp3) is 0.409. The number of amides is 1. The lowest BCUT2D eigenvalue weighted by Gasteiger charge is -2.18. The summed E-state index contributed by atoms with van der Waals surface area (Å²) in [6.07, 6.45) is 0.897. The lowest BCUT2D eigenvalue weighted by atomic mass is 10.0. The molecule has 2 rings (SSSR count). The fourth-order valence-electron chi connectivity index (χ4n) is 3.29. The third kappa shape index (κ3) is 5.42. The summed E-state index contributed by atoms with van der Waals surface area (Å²) in [5.41, 5.74) is 4.86. The second-order valence-corrected chi connectivity index (χ2v) is 9.87. The Morgan fingerprint density at radius 2 is 1.57 bits per heavy atom. The van der Waals surface area contributed by atoms with Gasteiger partial charge >= 0.3 is 0 Å². The summed E-state index contributed by atoms with van der Waals surface area (Å²) in [6.45, 7) is 9.84. The summed E-state index contributed by atoms with van der Waals surface area (Å²) < 4.78 is 26.6. The Bertz CT molecular complexity index is 925. The van der Waals surface area contributed by atoms with Crippen molar-refractivity contribution >= 4 is 21.6 Å². The molecule has 0 atom stereocenters. The van der Waals surface area contributed by atoms with Crippen LogP contribution in [0.4, 0.5) is 5.69 Å². The zero-order valence-electron chi connectivity index (χ0n) is 17.5. The summed E-state index contributed by atoms with van der Waals surface area (Å²) >= 11 is 0. The molecule has 0 unspecified atom stereocenters. The van der Waals surface area contributed by atoms with Gasteiger partial charge in [-0.1, -0.05) is 43.7 Å². The molecular weight excluding hydrogens is 372 g/mol. The number of hydrogen-bond acceptors (Lipinski definition) is 3. The maximum absolute atomic E-state index is 12.8. The minimum atomic E-state index is -3.73. The number of carbonyl (C=O) groups excluding carboxylic acids is 1. The predicted octanol–water partition coefficient (Wildman–Crippen LogP) is 4.07. The predicted molar refractivity (Wildman–Crippen MR) is 114 cm³/mol. The third-order valence-electron chi connectivity index (χ3n) is 4.58. The first-order chi connectivity index (χ1) is 13.0. The molecule has 0 saturated heterocycles. The van der Waals surface area contributed by atoms with Gasteiger partial charge in [-0.05, 0) is 61.9 Å². The number of anilines is 1. The molecule has 1 amide bonds. The molecule has 0 radical (unpaired) electrons. The van der Waals surface area contributed by atoms with E-state index in [0.717, 1.165) is 38.7 Å². The average Bonchev–Trinajstić information content (AvgIpc) is 2.58. The molecule has 0 bridgehead atoms. The molecule has 0 heterocycles. The van der Waals surface area contributed by atoms with Crippen LogP contribution in [0, 0.1) is 26.7 Å². The lowest BCUT2D eigenvalue weighted by Crippen LogP contribution is -2.35. The highest BCUT2D eigenvalue weighted by Gasteiger charge is 2.23. The van der Waals surface area contributed by atoms with Crippen LogP contribution in [0.2, 0.25) is 0 Å². The van der Waals surface area contributed by atoms with Crippen LogP contribution in [-0.4, -0.2) is 32.2 Å². The highest BCUT2D eigenvalue weighted by Crippen LogP contribution is 2.22. The van der Waals surface area contributed by atoms with Crippen LogP contribution in [0.5, 0.6) is 0 Å². The van der Waals surface area contributed by atoms with Crippen molar-refractivity contribution in [1.29, 1.82) is 0 Å².